The number of pyridine rings is 2. The monoisotopic (exact) mass is 581 g/mol. The van der Waals surface area contributed by atoms with Crippen LogP contribution in [0.25, 0.3) is 22.4 Å². The molecule has 3 rings (SSSR count). The Kier molecular flexibility index (Phi) is 6.32. The molecule has 172 valence electrons. The van der Waals surface area contributed by atoms with Crippen molar-refractivity contribution in [1.29, 1.82) is 0 Å². The summed E-state index contributed by atoms with van der Waals surface area (Å²) in [6.07, 6.45) is -3.63. The third-order valence-corrected chi connectivity index (χ3v) is 6.66. The minimum Gasteiger partial charge on any atom is -0.443 e. The van der Waals surface area contributed by atoms with E-state index in [2.05, 4.69) is 9.97 Å². The van der Waals surface area contributed by atoms with Crippen LogP contribution in [0, 0.1) is 3.57 Å². The first-order valence-corrected chi connectivity index (χ1v) is 12.1. The van der Waals surface area contributed by atoms with Gasteiger partial charge in [0.25, 0.3) is 0 Å². The maximum Gasteiger partial charge on any atom is 0.419 e. The Bertz CT molecular complexity index is 1310. The van der Waals surface area contributed by atoms with E-state index in [4.69, 9.17) is 4.74 Å². The summed E-state index contributed by atoms with van der Waals surface area (Å²) >= 11 is 1.90. The molecule has 0 saturated carbocycles. The van der Waals surface area contributed by atoms with Crippen LogP contribution < -0.4 is 0 Å². The van der Waals surface area contributed by atoms with E-state index in [1.54, 1.807) is 20.8 Å². The van der Waals surface area contributed by atoms with Gasteiger partial charge in [-0.15, -0.1) is 0 Å². The maximum absolute atomic E-state index is 13.3. The van der Waals surface area contributed by atoms with Gasteiger partial charge in [0.2, 0.25) is 0 Å². The van der Waals surface area contributed by atoms with E-state index in [1.165, 1.54) is 25.3 Å². The molecule has 0 amide bonds. The number of rotatable bonds is 3. The number of fused-ring (bicyclic) bond motifs is 1. The smallest absolute Gasteiger partial charge is 0.419 e. The van der Waals surface area contributed by atoms with Gasteiger partial charge in [0.05, 0.1) is 32.9 Å². The Morgan fingerprint density at radius 3 is 2.34 bits per heavy atom. The molecule has 3 aromatic heterocycles. The highest BCUT2D eigenvalue weighted by Crippen LogP contribution is 2.35. The van der Waals surface area contributed by atoms with Gasteiger partial charge in [0, 0.05) is 16.0 Å². The van der Waals surface area contributed by atoms with Crippen molar-refractivity contribution >= 4 is 49.6 Å². The zero-order valence-electron chi connectivity index (χ0n) is 17.5. The first-order valence-electron chi connectivity index (χ1n) is 9.35. The van der Waals surface area contributed by atoms with Crippen molar-refractivity contribution in [1.82, 2.24) is 14.5 Å². The van der Waals surface area contributed by atoms with E-state index < -0.39 is 33.3 Å². The number of hydrogen-bond donors (Lipinski definition) is 0. The summed E-state index contributed by atoms with van der Waals surface area (Å²) in [5.41, 5.74) is -2.26. The van der Waals surface area contributed by atoms with E-state index in [0.29, 0.717) is 9.77 Å². The van der Waals surface area contributed by atoms with Crippen LogP contribution in [0.5, 0.6) is 0 Å². The second-order valence-corrected chi connectivity index (χ2v) is 11.4. The number of carbonyl (C=O) groups is 1. The Morgan fingerprint density at radius 1 is 1.12 bits per heavy atom. The summed E-state index contributed by atoms with van der Waals surface area (Å²) in [5.74, 6) is -0.231. The first-order chi connectivity index (χ1) is 14.6. The predicted molar refractivity (Wildman–Crippen MR) is 120 cm³/mol. The predicted octanol–water partition coefficient (Wildman–Crippen LogP) is 5.30. The maximum atomic E-state index is 13.3. The number of hydrogen-bond acceptors (Lipinski definition) is 6. The van der Waals surface area contributed by atoms with Crippen molar-refractivity contribution in [2.75, 3.05) is 5.75 Å². The average molecular weight is 581 g/mol. The number of ether oxygens (including phenoxy) is 1. The zero-order valence-corrected chi connectivity index (χ0v) is 20.5. The molecule has 0 bridgehead atoms. The van der Waals surface area contributed by atoms with Gasteiger partial charge in [0.15, 0.2) is 9.84 Å². The van der Waals surface area contributed by atoms with Crippen LogP contribution in [0.4, 0.5) is 18.0 Å². The number of carbonyl (C=O) groups excluding carboxylic acids is 1. The third kappa shape index (κ3) is 4.90. The molecule has 0 saturated heterocycles. The number of halogens is 4. The fraction of sp³-hybridized carbons (Fsp3) is 0.350. The molecule has 7 nitrogen and oxygen atoms in total. The Balaban J connectivity index is 2.40. The molecule has 0 radical (unpaired) electrons. The van der Waals surface area contributed by atoms with Gasteiger partial charge in [-0.25, -0.2) is 17.8 Å². The standard InChI is InChI=1S/C20H19F3IN3O4S/c1-5-32(29,30)16-7-12(24)10-26-17(16)15-8-13-14(6-11(9-25-13)20(21,22)23)27(15)18(28)31-19(2,3)4/h6-10H,5H2,1-4H3. The van der Waals surface area contributed by atoms with Crippen LogP contribution in [0.3, 0.4) is 0 Å². The molecule has 0 aliphatic carbocycles. The van der Waals surface area contributed by atoms with E-state index in [9.17, 15) is 26.4 Å². The molecule has 0 fully saturated rings. The molecule has 0 aliphatic heterocycles. The first kappa shape index (κ1) is 24.4. The van der Waals surface area contributed by atoms with Gasteiger partial charge in [-0.2, -0.15) is 13.2 Å². The number of alkyl halides is 3. The molecule has 0 spiro atoms. The van der Waals surface area contributed by atoms with Crippen molar-refractivity contribution in [3.05, 3.63) is 39.7 Å². The van der Waals surface area contributed by atoms with Crippen molar-refractivity contribution in [2.45, 2.75) is 44.4 Å². The summed E-state index contributed by atoms with van der Waals surface area (Å²) in [6.45, 7) is 6.27. The lowest BCUT2D eigenvalue weighted by Crippen LogP contribution is -2.27. The number of sulfone groups is 1. The van der Waals surface area contributed by atoms with E-state index in [1.807, 2.05) is 22.6 Å². The Labute approximate surface area is 196 Å². The fourth-order valence-electron chi connectivity index (χ4n) is 2.92. The largest absolute Gasteiger partial charge is 0.443 e. The van der Waals surface area contributed by atoms with Crippen LogP contribution in [0.2, 0.25) is 0 Å². The van der Waals surface area contributed by atoms with E-state index in [-0.39, 0.29) is 33.1 Å². The highest BCUT2D eigenvalue weighted by Gasteiger charge is 2.33. The van der Waals surface area contributed by atoms with Crippen molar-refractivity contribution in [3.8, 4) is 11.4 Å². The second kappa shape index (κ2) is 8.28. The normalized spacial score (nSPS) is 12.9. The second-order valence-electron chi connectivity index (χ2n) is 7.88. The third-order valence-electron chi connectivity index (χ3n) is 4.33. The van der Waals surface area contributed by atoms with Crippen LogP contribution in [0.1, 0.15) is 33.3 Å². The highest BCUT2D eigenvalue weighted by atomic mass is 127. The van der Waals surface area contributed by atoms with Crippen LogP contribution in [0.15, 0.2) is 35.5 Å². The Morgan fingerprint density at radius 2 is 1.78 bits per heavy atom. The molecular weight excluding hydrogens is 562 g/mol. The van der Waals surface area contributed by atoms with Crippen molar-refractivity contribution in [2.24, 2.45) is 0 Å². The topological polar surface area (TPSA) is 91.1 Å². The van der Waals surface area contributed by atoms with Crippen LogP contribution in [-0.4, -0.2) is 40.4 Å². The minimum atomic E-state index is -4.69. The van der Waals surface area contributed by atoms with E-state index >= 15 is 0 Å². The van der Waals surface area contributed by atoms with Gasteiger partial charge in [-0.3, -0.25) is 9.97 Å². The summed E-state index contributed by atoms with van der Waals surface area (Å²) in [7, 11) is -3.78. The van der Waals surface area contributed by atoms with Gasteiger partial charge in [0.1, 0.15) is 11.3 Å². The molecule has 12 heteroatoms. The Hall–Kier alpha value is -2.22. The lowest BCUT2D eigenvalue weighted by molar-refractivity contribution is -0.137. The fourth-order valence-corrected chi connectivity index (χ4v) is 4.65. The number of aromatic nitrogens is 3. The number of nitrogens with zero attached hydrogens (tertiary/aromatic N) is 3. The zero-order chi connectivity index (χ0) is 24.1. The molecule has 32 heavy (non-hydrogen) atoms. The lowest BCUT2D eigenvalue weighted by atomic mass is 10.2. The molecule has 0 N–H and O–H groups in total. The SMILES string of the molecule is CCS(=O)(=O)c1cc(I)cnc1-c1cc2ncc(C(F)(F)F)cc2n1C(=O)OC(C)(C)C. The lowest BCUT2D eigenvalue weighted by Gasteiger charge is -2.21. The van der Waals surface area contributed by atoms with Crippen LogP contribution in [-0.2, 0) is 20.8 Å². The van der Waals surface area contributed by atoms with Crippen molar-refractivity contribution < 1.29 is 31.1 Å². The molecule has 3 aromatic rings. The molecule has 0 aliphatic rings. The molecule has 0 atom stereocenters. The molecule has 0 unspecified atom stereocenters. The van der Waals surface area contributed by atoms with Gasteiger partial charge >= 0.3 is 12.3 Å². The quantitative estimate of drug-likeness (QED) is 0.390. The summed E-state index contributed by atoms with van der Waals surface area (Å²) < 4.78 is 72.2. The molecule has 0 aromatic carbocycles. The summed E-state index contributed by atoms with van der Waals surface area (Å²) in [4.78, 5) is 20.9. The minimum absolute atomic E-state index is 0.0375. The summed E-state index contributed by atoms with van der Waals surface area (Å²) in [6, 6.07) is 3.49. The molecular formula is C20H19F3IN3O4S. The highest BCUT2D eigenvalue weighted by molar-refractivity contribution is 14.1. The van der Waals surface area contributed by atoms with E-state index in [0.717, 1.165) is 10.6 Å². The molecule has 3 heterocycles. The van der Waals surface area contributed by atoms with Crippen molar-refractivity contribution in [3.63, 3.8) is 0 Å². The van der Waals surface area contributed by atoms with Gasteiger partial charge in [-0.1, -0.05) is 6.92 Å². The summed E-state index contributed by atoms with van der Waals surface area (Å²) in [5, 5.41) is 0. The average Bonchev–Trinajstić information content (AvgIpc) is 3.04. The van der Waals surface area contributed by atoms with Crippen LogP contribution >= 0.6 is 22.6 Å². The van der Waals surface area contributed by atoms with Gasteiger partial charge in [-0.05, 0) is 61.6 Å². The van der Waals surface area contributed by atoms with Gasteiger partial charge < -0.3 is 4.74 Å².